The highest BCUT2D eigenvalue weighted by Gasteiger charge is 2.20. The minimum atomic E-state index is -0.991. The third kappa shape index (κ3) is 5.08. The van der Waals surface area contributed by atoms with Crippen LogP contribution in [0.4, 0.5) is 10.2 Å². The molecule has 3 aromatic carbocycles. The van der Waals surface area contributed by atoms with Gasteiger partial charge in [0.05, 0.1) is 11.3 Å². The van der Waals surface area contributed by atoms with E-state index in [1.807, 2.05) is 6.07 Å². The summed E-state index contributed by atoms with van der Waals surface area (Å²) in [5.74, 6) is -1.87. The summed E-state index contributed by atoms with van der Waals surface area (Å²) in [4.78, 5) is 37.4. The van der Waals surface area contributed by atoms with Gasteiger partial charge in [-0.25, -0.2) is 4.39 Å². The van der Waals surface area contributed by atoms with Gasteiger partial charge in [-0.3, -0.25) is 24.3 Å². The molecule has 1 heterocycles. The normalized spacial score (nSPS) is 11.7. The number of nitrogen functional groups attached to an aromatic ring is 1. The Labute approximate surface area is 206 Å². The number of benzene rings is 3. The number of aryl methyl sites for hydroxylation is 1. The molecule has 1 aromatic heterocycles. The lowest BCUT2D eigenvalue weighted by molar-refractivity contribution is -0.139. The number of hydrogen-bond acceptors (Lipinski definition) is 5. The lowest BCUT2D eigenvalue weighted by atomic mass is 10.0. The number of pyridine rings is 1. The molecule has 0 aliphatic rings. The van der Waals surface area contributed by atoms with Crippen molar-refractivity contribution in [2.45, 2.75) is 19.5 Å². The maximum Gasteiger partial charge on any atom is 0.325 e. The quantitative estimate of drug-likeness (QED) is 0.325. The Morgan fingerprint density at radius 1 is 1.00 bits per heavy atom. The van der Waals surface area contributed by atoms with Gasteiger partial charge in [0.1, 0.15) is 17.7 Å². The van der Waals surface area contributed by atoms with E-state index < -0.39 is 29.2 Å². The summed E-state index contributed by atoms with van der Waals surface area (Å²) in [6, 6.07) is 21.5. The van der Waals surface area contributed by atoms with E-state index in [4.69, 9.17) is 5.73 Å². The Morgan fingerprint density at radius 2 is 1.69 bits per heavy atom. The van der Waals surface area contributed by atoms with Crippen molar-refractivity contribution < 1.29 is 19.1 Å². The van der Waals surface area contributed by atoms with Gasteiger partial charge in [-0.2, -0.15) is 0 Å². The lowest BCUT2D eigenvalue weighted by Gasteiger charge is -2.16. The molecule has 7 nitrogen and oxygen atoms in total. The van der Waals surface area contributed by atoms with Crippen LogP contribution in [-0.4, -0.2) is 21.4 Å². The molecule has 0 aliphatic heterocycles. The fourth-order valence-corrected chi connectivity index (χ4v) is 3.93. The Bertz CT molecular complexity index is 1480. The van der Waals surface area contributed by atoms with Gasteiger partial charge in [-0.15, -0.1) is 0 Å². The zero-order valence-corrected chi connectivity index (χ0v) is 19.4. The molecule has 8 heteroatoms. The van der Waals surface area contributed by atoms with Gasteiger partial charge in [-0.1, -0.05) is 42.5 Å². The highest BCUT2D eigenvalue weighted by molar-refractivity contribution is 6.11. The summed E-state index contributed by atoms with van der Waals surface area (Å²) >= 11 is 0. The number of carbonyl (C=O) groups excluding carboxylic acids is 1. The number of nitrogens with one attached hydrogen (secondary N) is 1. The number of nitrogens with zero attached hydrogens (tertiary/aromatic N) is 1. The molecule has 0 bridgehead atoms. The first-order chi connectivity index (χ1) is 17.3. The number of aliphatic carboxylic acids is 1. The first-order valence-corrected chi connectivity index (χ1v) is 11.2. The van der Waals surface area contributed by atoms with Gasteiger partial charge in [0.25, 0.3) is 5.56 Å². The first kappa shape index (κ1) is 24.6. The first-order valence-electron chi connectivity index (χ1n) is 11.2. The molecule has 0 saturated heterocycles. The van der Waals surface area contributed by atoms with Crippen molar-refractivity contribution in [3.63, 3.8) is 0 Å². The van der Waals surface area contributed by atoms with Gasteiger partial charge >= 0.3 is 5.97 Å². The number of anilines is 1. The SMILES string of the molecule is Cc1cc(C(=O)c2ccc(=O)n(-c3ccc(CN[C@H](C(=O)O)c4ccccc4)cc3)c2N)ccc1F. The molecule has 182 valence electrons. The molecule has 1 atom stereocenters. The number of aromatic nitrogens is 1. The minimum Gasteiger partial charge on any atom is -0.480 e. The van der Waals surface area contributed by atoms with Crippen LogP contribution in [0.2, 0.25) is 0 Å². The van der Waals surface area contributed by atoms with Crippen molar-refractivity contribution in [1.82, 2.24) is 9.88 Å². The van der Waals surface area contributed by atoms with Crippen molar-refractivity contribution in [3.8, 4) is 5.69 Å². The summed E-state index contributed by atoms with van der Waals surface area (Å²) in [6.45, 7) is 1.84. The smallest absolute Gasteiger partial charge is 0.325 e. The average molecular weight is 486 g/mol. The van der Waals surface area contributed by atoms with Crippen LogP contribution in [0.15, 0.2) is 89.7 Å². The number of rotatable bonds is 8. The molecule has 0 radical (unpaired) electrons. The third-order valence-corrected chi connectivity index (χ3v) is 5.88. The van der Waals surface area contributed by atoms with E-state index in [9.17, 15) is 23.9 Å². The largest absolute Gasteiger partial charge is 0.480 e. The standard InChI is InChI=1S/C28H24FN3O4/c1-17-15-20(9-13-23(17)29)26(34)22-12-14-24(33)32(27(22)30)21-10-7-18(8-11-21)16-31-25(28(35)36)19-5-3-2-4-6-19/h2-15,25,31H,16,30H2,1H3,(H,35,36)/t25-/m0/s1. The number of hydrogen-bond donors (Lipinski definition) is 3. The summed E-state index contributed by atoms with van der Waals surface area (Å²) in [7, 11) is 0. The predicted molar refractivity (Wildman–Crippen MR) is 135 cm³/mol. The zero-order valence-electron chi connectivity index (χ0n) is 19.4. The molecule has 4 rings (SSSR count). The number of nitrogens with two attached hydrogens (primary N) is 1. The predicted octanol–water partition coefficient (Wildman–Crippen LogP) is 4.01. The van der Waals surface area contributed by atoms with E-state index in [-0.39, 0.29) is 23.5 Å². The van der Waals surface area contributed by atoms with Crippen molar-refractivity contribution in [3.05, 3.63) is 129 Å². The minimum absolute atomic E-state index is 0.0321. The van der Waals surface area contributed by atoms with Crippen LogP contribution in [0, 0.1) is 12.7 Å². The van der Waals surface area contributed by atoms with Gasteiger partial charge in [-0.05, 0) is 60.0 Å². The van der Waals surface area contributed by atoms with Crippen LogP contribution < -0.4 is 16.6 Å². The van der Waals surface area contributed by atoms with E-state index in [1.165, 1.54) is 34.9 Å². The number of ketones is 1. The highest BCUT2D eigenvalue weighted by Crippen LogP contribution is 2.21. The van der Waals surface area contributed by atoms with Crippen LogP contribution in [0.3, 0.4) is 0 Å². The molecular weight excluding hydrogens is 461 g/mol. The van der Waals surface area contributed by atoms with E-state index in [2.05, 4.69) is 5.32 Å². The molecule has 0 fully saturated rings. The number of carboxylic acids is 1. The van der Waals surface area contributed by atoms with Gasteiger partial charge in [0.15, 0.2) is 5.78 Å². The van der Waals surface area contributed by atoms with Crippen molar-refractivity contribution >= 4 is 17.6 Å². The van der Waals surface area contributed by atoms with E-state index in [1.54, 1.807) is 55.5 Å². The van der Waals surface area contributed by atoms with Crippen molar-refractivity contribution in [2.24, 2.45) is 0 Å². The van der Waals surface area contributed by atoms with Crippen LogP contribution in [0.25, 0.3) is 5.69 Å². The van der Waals surface area contributed by atoms with Crippen molar-refractivity contribution in [2.75, 3.05) is 5.73 Å². The fourth-order valence-electron chi connectivity index (χ4n) is 3.93. The molecule has 0 unspecified atom stereocenters. The lowest BCUT2D eigenvalue weighted by Crippen LogP contribution is -2.28. The maximum atomic E-state index is 13.6. The van der Waals surface area contributed by atoms with Crippen molar-refractivity contribution in [1.29, 1.82) is 0 Å². The maximum absolute atomic E-state index is 13.6. The van der Waals surface area contributed by atoms with Crippen LogP contribution in [-0.2, 0) is 11.3 Å². The Kier molecular flexibility index (Phi) is 7.07. The second-order valence-corrected chi connectivity index (χ2v) is 8.33. The molecule has 0 spiro atoms. The number of halogens is 1. The van der Waals surface area contributed by atoms with Gasteiger partial charge in [0, 0.05) is 18.2 Å². The highest BCUT2D eigenvalue weighted by atomic mass is 19.1. The molecule has 36 heavy (non-hydrogen) atoms. The summed E-state index contributed by atoms with van der Waals surface area (Å²) < 4.78 is 14.9. The fraction of sp³-hybridized carbons (Fsp3) is 0.107. The van der Waals surface area contributed by atoms with Gasteiger partial charge in [0.2, 0.25) is 0 Å². The topological polar surface area (TPSA) is 114 Å². The Balaban J connectivity index is 1.58. The summed E-state index contributed by atoms with van der Waals surface area (Å²) in [5.41, 5.74) is 8.42. The molecule has 4 N–H and O–H groups in total. The molecule has 4 aromatic rings. The van der Waals surface area contributed by atoms with Crippen LogP contribution >= 0.6 is 0 Å². The summed E-state index contributed by atoms with van der Waals surface area (Å²) in [5, 5.41) is 12.6. The summed E-state index contributed by atoms with van der Waals surface area (Å²) in [6.07, 6.45) is 0. The average Bonchev–Trinajstić information content (AvgIpc) is 2.87. The second-order valence-electron chi connectivity index (χ2n) is 8.33. The Morgan fingerprint density at radius 3 is 2.33 bits per heavy atom. The molecular formula is C28H24FN3O4. The zero-order chi connectivity index (χ0) is 25.8. The van der Waals surface area contributed by atoms with Crippen LogP contribution in [0.5, 0.6) is 0 Å². The monoisotopic (exact) mass is 485 g/mol. The van der Waals surface area contributed by atoms with Crippen LogP contribution in [0.1, 0.15) is 38.7 Å². The van der Waals surface area contributed by atoms with Gasteiger partial charge < -0.3 is 10.8 Å². The molecule has 0 aliphatic carbocycles. The molecule has 0 amide bonds. The number of carboxylic acid groups (broad SMARTS) is 1. The third-order valence-electron chi connectivity index (χ3n) is 5.88. The van der Waals surface area contributed by atoms with E-state index in [0.29, 0.717) is 16.8 Å². The molecule has 0 saturated carbocycles. The van der Waals surface area contributed by atoms with E-state index >= 15 is 0 Å². The number of carbonyl (C=O) groups is 2. The Hall–Kier alpha value is -4.56. The van der Waals surface area contributed by atoms with E-state index in [0.717, 1.165) is 5.56 Å². The second kappa shape index (κ2) is 10.4.